The van der Waals surface area contributed by atoms with Crippen molar-refractivity contribution in [1.82, 2.24) is 4.90 Å². The highest BCUT2D eigenvalue weighted by atomic mass is 127. The topological polar surface area (TPSA) is 65.1 Å². The van der Waals surface area contributed by atoms with Crippen molar-refractivity contribution >= 4 is 34.5 Å². The van der Waals surface area contributed by atoms with Crippen LogP contribution in [0.1, 0.15) is 27.2 Å². The summed E-state index contributed by atoms with van der Waals surface area (Å²) < 4.78 is 17.8. The minimum Gasteiger partial charge on any atom is -0.467 e. The SMILES string of the molecule is COC(=O)[C@]12CO[C@H](C(C)(C)C)N1C(=O)[C@@H]1C[C@H](CI)O[C@@H]12. The number of amides is 1. The van der Waals surface area contributed by atoms with E-state index in [0.717, 1.165) is 4.43 Å². The Balaban J connectivity index is 2.04. The third kappa shape index (κ3) is 2.04. The Bertz CT molecular complexity index is 505. The highest BCUT2D eigenvalue weighted by Crippen LogP contribution is 2.51. The van der Waals surface area contributed by atoms with Crippen molar-refractivity contribution in [3.63, 3.8) is 0 Å². The fourth-order valence-electron chi connectivity index (χ4n) is 3.90. The number of methoxy groups -OCH3 is 1. The van der Waals surface area contributed by atoms with Crippen molar-refractivity contribution in [2.45, 2.75) is 51.2 Å². The summed E-state index contributed by atoms with van der Waals surface area (Å²) in [5, 5.41) is 0. The fraction of sp³-hybridized carbons (Fsp3) is 0.867. The quantitative estimate of drug-likeness (QED) is 0.381. The Morgan fingerprint density at radius 2 is 2.18 bits per heavy atom. The number of carbonyl (C=O) groups is 2. The summed E-state index contributed by atoms with van der Waals surface area (Å²) in [4.78, 5) is 27.2. The molecule has 0 spiro atoms. The average Bonchev–Trinajstić information content (AvgIpc) is 3.10. The number of rotatable bonds is 2. The number of esters is 1. The van der Waals surface area contributed by atoms with Crippen LogP contribution in [-0.2, 0) is 23.8 Å². The predicted molar refractivity (Wildman–Crippen MR) is 86.4 cm³/mol. The van der Waals surface area contributed by atoms with Gasteiger partial charge in [0, 0.05) is 9.84 Å². The highest BCUT2D eigenvalue weighted by Gasteiger charge is 2.72. The Morgan fingerprint density at radius 1 is 1.50 bits per heavy atom. The Labute approximate surface area is 144 Å². The Kier molecular flexibility index (Phi) is 3.97. The second kappa shape index (κ2) is 5.31. The normalized spacial score (nSPS) is 40.8. The number of fused-ring (bicyclic) bond motifs is 3. The van der Waals surface area contributed by atoms with E-state index < -0.39 is 23.8 Å². The Hall–Kier alpha value is -0.410. The zero-order valence-corrected chi connectivity index (χ0v) is 15.5. The summed E-state index contributed by atoms with van der Waals surface area (Å²) in [6, 6.07) is 0. The van der Waals surface area contributed by atoms with Gasteiger partial charge in [-0.1, -0.05) is 43.4 Å². The third-order valence-electron chi connectivity index (χ3n) is 4.82. The van der Waals surface area contributed by atoms with Crippen LogP contribution >= 0.6 is 22.6 Å². The minimum absolute atomic E-state index is 0.0110. The van der Waals surface area contributed by atoms with Crippen LogP contribution in [0.3, 0.4) is 0 Å². The van der Waals surface area contributed by atoms with Gasteiger partial charge in [-0.25, -0.2) is 4.79 Å². The van der Waals surface area contributed by atoms with Crippen LogP contribution in [0.2, 0.25) is 0 Å². The molecule has 124 valence electrons. The van der Waals surface area contributed by atoms with E-state index in [0.29, 0.717) is 6.42 Å². The van der Waals surface area contributed by atoms with Gasteiger partial charge in [0.05, 0.1) is 25.7 Å². The lowest BCUT2D eigenvalue weighted by molar-refractivity contribution is -0.164. The molecular weight excluding hydrogens is 401 g/mol. The van der Waals surface area contributed by atoms with Crippen molar-refractivity contribution in [3.05, 3.63) is 0 Å². The summed E-state index contributed by atoms with van der Waals surface area (Å²) in [6.07, 6.45) is -0.235. The lowest BCUT2D eigenvalue weighted by Crippen LogP contribution is -2.59. The van der Waals surface area contributed by atoms with Crippen molar-refractivity contribution in [2.24, 2.45) is 11.3 Å². The largest absolute Gasteiger partial charge is 0.467 e. The zero-order chi connectivity index (χ0) is 16.3. The van der Waals surface area contributed by atoms with Crippen LogP contribution in [0.5, 0.6) is 0 Å². The molecule has 0 aromatic heterocycles. The number of hydrogen-bond acceptors (Lipinski definition) is 5. The van der Waals surface area contributed by atoms with E-state index in [9.17, 15) is 9.59 Å². The molecule has 0 N–H and O–H groups in total. The van der Waals surface area contributed by atoms with Crippen LogP contribution in [0.15, 0.2) is 0 Å². The molecule has 1 amide bonds. The van der Waals surface area contributed by atoms with Crippen LogP contribution in [0.25, 0.3) is 0 Å². The van der Waals surface area contributed by atoms with E-state index in [4.69, 9.17) is 14.2 Å². The van der Waals surface area contributed by atoms with Crippen molar-refractivity contribution in [2.75, 3.05) is 18.1 Å². The van der Waals surface area contributed by atoms with E-state index in [1.807, 2.05) is 20.8 Å². The first-order chi connectivity index (χ1) is 10.3. The van der Waals surface area contributed by atoms with E-state index in [1.54, 1.807) is 4.90 Å². The first-order valence-corrected chi connectivity index (χ1v) is 9.04. The number of ether oxygens (including phenoxy) is 3. The molecule has 0 bridgehead atoms. The van der Waals surface area contributed by atoms with E-state index >= 15 is 0 Å². The predicted octanol–water partition coefficient (Wildman–Crippen LogP) is 1.35. The van der Waals surface area contributed by atoms with E-state index in [1.165, 1.54) is 7.11 Å². The summed E-state index contributed by atoms with van der Waals surface area (Å²) in [6.45, 7) is 6.14. The maximum atomic E-state index is 13.0. The van der Waals surface area contributed by atoms with Gasteiger partial charge in [0.1, 0.15) is 12.3 Å². The lowest BCUT2D eigenvalue weighted by Gasteiger charge is -2.37. The molecule has 0 aromatic rings. The van der Waals surface area contributed by atoms with Gasteiger partial charge in [-0.2, -0.15) is 0 Å². The van der Waals surface area contributed by atoms with E-state index in [-0.39, 0.29) is 30.0 Å². The number of carbonyl (C=O) groups excluding carboxylic acids is 2. The minimum atomic E-state index is -1.13. The number of alkyl halides is 1. The molecule has 22 heavy (non-hydrogen) atoms. The van der Waals surface area contributed by atoms with Crippen LogP contribution in [0.4, 0.5) is 0 Å². The van der Waals surface area contributed by atoms with Gasteiger partial charge in [0.25, 0.3) is 0 Å². The maximum absolute atomic E-state index is 13.0. The molecular formula is C15H22INO5. The molecule has 0 saturated carbocycles. The third-order valence-corrected chi connectivity index (χ3v) is 5.81. The molecule has 5 atom stereocenters. The summed E-state index contributed by atoms with van der Waals surface area (Å²) in [5.41, 5.74) is -1.41. The van der Waals surface area contributed by atoms with Crippen LogP contribution in [0, 0.1) is 11.3 Å². The fourth-order valence-corrected chi connectivity index (χ4v) is 4.46. The molecule has 6 nitrogen and oxygen atoms in total. The molecule has 0 unspecified atom stereocenters. The molecule has 7 heteroatoms. The second-order valence-electron chi connectivity index (χ2n) is 7.33. The van der Waals surface area contributed by atoms with Gasteiger partial charge in [0.15, 0.2) is 5.54 Å². The summed E-state index contributed by atoms with van der Waals surface area (Å²) in [5.74, 6) is -0.748. The molecule has 3 aliphatic rings. The van der Waals surface area contributed by atoms with Crippen molar-refractivity contribution in [3.8, 4) is 0 Å². The maximum Gasteiger partial charge on any atom is 0.337 e. The monoisotopic (exact) mass is 423 g/mol. The number of halogens is 1. The van der Waals surface area contributed by atoms with Gasteiger partial charge in [-0.15, -0.1) is 0 Å². The molecule has 0 radical (unpaired) electrons. The first-order valence-electron chi connectivity index (χ1n) is 7.52. The molecule has 3 heterocycles. The second-order valence-corrected chi connectivity index (χ2v) is 8.21. The molecule has 3 fully saturated rings. The lowest BCUT2D eigenvalue weighted by atomic mass is 9.88. The van der Waals surface area contributed by atoms with Gasteiger partial charge >= 0.3 is 5.97 Å². The van der Waals surface area contributed by atoms with Gasteiger partial charge in [-0.3, -0.25) is 9.69 Å². The summed E-state index contributed by atoms with van der Waals surface area (Å²) in [7, 11) is 1.35. The van der Waals surface area contributed by atoms with Gasteiger partial charge in [0.2, 0.25) is 5.91 Å². The Morgan fingerprint density at radius 3 is 2.73 bits per heavy atom. The van der Waals surface area contributed by atoms with Crippen molar-refractivity contribution in [1.29, 1.82) is 0 Å². The molecule has 0 aromatic carbocycles. The first kappa shape index (κ1) is 16.4. The van der Waals surface area contributed by atoms with Crippen molar-refractivity contribution < 1.29 is 23.8 Å². The van der Waals surface area contributed by atoms with Crippen LogP contribution < -0.4 is 0 Å². The zero-order valence-electron chi connectivity index (χ0n) is 13.3. The average molecular weight is 423 g/mol. The highest BCUT2D eigenvalue weighted by molar-refractivity contribution is 14.1. The van der Waals surface area contributed by atoms with Crippen LogP contribution in [-0.4, -0.2) is 58.9 Å². The van der Waals surface area contributed by atoms with E-state index in [2.05, 4.69) is 22.6 Å². The molecule has 0 aliphatic carbocycles. The van der Waals surface area contributed by atoms with Gasteiger partial charge in [-0.05, 0) is 6.42 Å². The number of nitrogens with zero attached hydrogens (tertiary/aromatic N) is 1. The smallest absolute Gasteiger partial charge is 0.337 e. The standard InChI is InChI=1S/C15H22INO5/c1-14(2,3)12-17-11(18)9-5-8(6-16)22-10(9)15(17,7-21-12)13(19)20-4/h8-10,12H,5-7H2,1-4H3/t8-,9-,10+,12-,15-/m1/s1. The van der Waals surface area contributed by atoms with Gasteiger partial charge < -0.3 is 14.2 Å². The number of hydrogen-bond donors (Lipinski definition) is 0. The molecule has 3 rings (SSSR count). The molecule has 3 aliphatic heterocycles. The molecule has 3 saturated heterocycles. The summed E-state index contributed by atoms with van der Waals surface area (Å²) >= 11 is 2.25.